The first-order chi connectivity index (χ1) is 18.2. The molecule has 0 aliphatic carbocycles. The van der Waals surface area contributed by atoms with Crippen molar-refractivity contribution in [1.29, 1.82) is 0 Å². The number of rotatable bonds is 7. The summed E-state index contributed by atoms with van der Waals surface area (Å²) in [6.45, 7) is 8.15. The van der Waals surface area contributed by atoms with Gasteiger partial charge >= 0.3 is 5.97 Å². The molecule has 2 N–H and O–H groups in total. The number of anilines is 1. The van der Waals surface area contributed by atoms with E-state index in [2.05, 4.69) is 39.7 Å². The van der Waals surface area contributed by atoms with Gasteiger partial charge in [0.05, 0.1) is 29.4 Å². The number of nitrogens with zero attached hydrogens (tertiary/aromatic N) is 3. The average molecular weight is 527 g/mol. The zero-order valence-corrected chi connectivity index (χ0v) is 22.6. The van der Waals surface area contributed by atoms with Gasteiger partial charge in [-0.2, -0.15) is 0 Å². The van der Waals surface area contributed by atoms with Crippen molar-refractivity contribution in [3.8, 4) is 11.4 Å². The number of aromatic nitrogens is 2. The maximum Gasteiger partial charge on any atom is 0.335 e. The number of aromatic carboxylic acids is 1. The summed E-state index contributed by atoms with van der Waals surface area (Å²) in [5.74, 6) is -0.134. The Kier molecular flexibility index (Phi) is 6.91. The number of hydrogen-bond donors (Lipinski definition) is 2. The molecule has 7 nitrogen and oxygen atoms in total. The van der Waals surface area contributed by atoms with E-state index in [1.807, 2.05) is 68.4 Å². The van der Waals surface area contributed by atoms with Crippen molar-refractivity contribution in [2.45, 2.75) is 45.9 Å². The number of thiocarbonyl (C=S) groups is 1. The zero-order chi connectivity index (χ0) is 27.0. The minimum atomic E-state index is -0.942. The van der Waals surface area contributed by atoms with Crippen LogP contribution in [-0.4, -0.2) is 31.8 Å². The van der Waals surface area contributed by atoms with Crippen LogP contribution in [0.2, 0.25) is 0 Å². The summed E-state index contributed by atoms with van der Waals surface area (Å²) in [6.07, 6.45) is 1.89. The molecule has 2 aromatic carbocycles. The van der Waals surface area contributed by atoms with Crippen LogP contribution in [0.1, 0.15) is 58.9 Å². The van der Waals surface area contributed by atoms with Gasteiger partial charge in [-0.3, -0.25) is 4.98 Å². The van der Waals surface area contributed by atoms with Crippen LogP contribution < -0.4 is 15.0 Å². The number of ether oxygens (including phenoxy) is 1. The highest BCUT2D eigenvalue weighted by atomic mass is 32.1. The van der Waals surface area contributed by atoms with E-state index in [4.69, 9.17) is 17.0 Å². The van der Waals surface area contributed by atoms with Crippen LogP contribution in [0.25, 0.3) is 5.69 Å². The monoisotopic (exact) mass is 526 g/mol. The second-order valence-electron chi connectivity index (χ2n) is 9.67. The summed E-state index contributed by atoms with van der Waals surface area (Å²) in [5.41, 5.74) is 6.21. The van der Waals surface area contributed by atoms with Gasteiger partial charge in [-0.05, 0) is 112 Å². The van der Waals surface area contributed by atoms with Crippen molar-refractivity contribution in [2.75, 3.05) is 4.90 Å². The molecule has 38 heavy (non-hydrogen) atoms. The Morgan fingerprint density at radius 1 is 1.03 bits per heavy atom. The van der Waals surface area contributed by atoms with Crippen LogP contribution in [0.4, 0.5) is 5.69 Å². The maximum absolute atomic E-state index is 11.4. The number of carbonyl (C=O) groups is 1. The Morgan fingerprint density at radius 3 is 2.32 bits per heavy atom. The molecule has 0 radical (unpaired) electrons. The van der Waals surface area contributed by atoms with Gasteiger partial charge in [0.15, 0.2) is 5.11 Å². The number of benzene rings is 2. The lowest BCUT2D eigenvalue weighted by molar-refractivity contribution is 0.0697. The highest BCUT2D eigenvalue weighted by Crippen LogP contribution is 2.44. The molecule has 4 aromatic rings. The second-order valence-corrected chi connectivity index (χ2v) is 10.1. The van der Waals surface area contributed by atoms with Gasteiger partial charge in [0, 0.05) is 29.0 Å². The van der Waals surface area contributed by atoms with Crippen LogP contribution in [0.15, 0.2) is 79.0 Å². The fraction of sp³-hybridized carbons (Fsp3) is 0.233. The zero-order valence-electron chi connectivity index (χ0n) is 21.8. The Labute approximate surface area is 227 Å². The molecule has 8 heteroatoms. The van der Waals surface area contributed by atoms with E-state index >= 15 is 0 Å². The molecule has 1 saturated heterocycles. The molecule has 0 unspecified atom stereocenters. The van der Waals surface area contributed by atoms with Crippen molar-refractivity contribution < 1.29 is 14.6 Å². The summed E-state index contributed by atoms with van der Waals surface area (Å²) >= 11 is 5.89. The van der Waals surface area contributed by atoms with Crippen LogP contribution in [0.5, 0.6) is 5.75 Å². The van der Waals surface area contributed by atoms with Crippen molar-refractivity contribution in [1.82, 2.24) is 14.9 Å². The third-order valence-electron chi connectivity index (χ3n) is 6.75. The predicted octanol–water partition coefficient (Wildman–Crippen LogP) is 6.15. The first-order valence-corrected chi connectivity index (χ1v) is 13.0. The average Bonchev–Trinajstić information content (AvgIpc) is 3.39. The molecule has 1 fully saturated rings. The van der Waals surface area contributed by atoms with Crippen LogP contribution >= 0.6 is 12.2 Å². The van der Waals surface area contributed by atoms with Crippen LogP contribution in [0, 0.1) is 13.8 Å². The van der Waals surface area contributed by atoms with Crippen molar-refractivity contribution in [2.24, 2.45) is 0 Å². The number of carboxylic acid groups (broad SMARTS) is 1. The van der Waals surface area contributed by atoms with Crippen molar-refractivity contribution in [3.63, 3.8) is 0 Å². The van der Waals surface area contributed by atoms with E-state index in [0.717, 1.165) is 39.8 Å². The molecule has 1 aliphatic rings. The molecule has 0 amide bonds. The number of carboxylic acids is 1. The molecule has 2 atom stereocenters. The van der Waals surface area contributed by atoms with Gasteiger partial charge in [-0.25, -0.2) is 4.79 Å². The quantitative estimate of drug-likeness (QED) is 0.280. The number of aryl methyl sites for hydroxylation is 1. The van der Waals surface area contributed by atoms with E-state index in [9.17, 15) is 9.90 Å². The van der Waals surface area contributed by atoms with Gasteiger partial charge in [0.2, 0.25) is 0 Å². The van der Waals surface area contributed by atoms with E-state index in [-0.39, 0.29) is 23.8 Å². The molecule has 3 heterocycles. The Bertz CT molecular complexity index is 1460. The Morgan fingerprint density at radius 2 is 1.71 bits per heavy atom. The molecule has 0 bridgehead atoms. The maximum atomic E-state index is 11.4. The van der Waals surface area contributed by atoms with E-state index in [1.165, 1.54) is 0 Å². The summed E-state index contributed by atoms with van der Waals surface area (Å²) in [6, 6.07) is 22.7. The summed E-state index contributed by atoms with van der Waals surface area (Å²) < 4.78 is 8.00. The van der Waals surface area contributed by atoms with Gasteiger partial charge in [0.1, 0.15) is 5.75 Å². The van der Waals surface area contributed by atoms with E-state index < -0.39 is 5.97 Å². The lowest BCUT2D eigenvalue weighted by Crippen LogP contribution is -2.29. The predicted molar refractivity (Wildman–Crippen MR) is 152 cm³/mol. The van der Waals surface area contributed by atoms with Crippen LogP contribution in [0.3, 0.4) is 0 Å². The van der Waals surface area contributed by atoms with Gasteiger partial charge < -0.3 is 24.6 Å². The van der Waals surface area contributed by atoms with E-state index in [1.54, 1.807) is 18.3 Å². The molecule has 0 saturated carbocycles. The van der Waals surface area contributed by atoms with Gasteiger partial charge in [0.25, 0.3) is 0 Å². The molecule has 194 valence electrons. The topological polar surface area (TPSA) is 79.6 Å². The number of pyridine rings is 1. The molecule has 0 spiro atoms. The second kappa shape index (κ2) is 10.3. The van der Waals surface area contributed by atoms with E-state index in [0.29, 0.717) is 5.11 Å². The Hall–Kier alpha value is -4.17. The summed E-state index contributed by atoms with van der Waals surface area (Å²) in [4.78, 5) is 18.2. The normalized spacial score (nSPS) is 17.1. The van der Waals surface area contributed by atoms with Crippen molar-refractivity contribution in [3.05, 3.63) is 107 Å². The molecule has 5 rings (SSSR count). The first-order valence-electron chi connectivity index (χ1n) is 12.5. The van der Waals surface area contributed by atoms with Crippen molar-refractivity contribution >= 4 is 29.0 Å². The number of nitrogens with one attached hydrogen (secondary N) is 1. The van der Waals surface area contributed by atoms with Crippen LogP contribution in [-0.2, 0) is 0 Å². The van der Waals surface area contributed by atoms with Gasteiger partial charge in [-0.1, -0.05) is 6.07 Å². The molecular weight excluding hydrogens is 496 g/mol. The minimum Gasteiger partial charge on any atom is -0.491 e. The summed E-state index contributed by atoms with van der Waals surface area (Å²) in [5, 5.41) is 13.5. The minimum absolute atomic E-state index is 0.0895. The Balaban J connectivity index is 1.61. The molecular formula is C30H30N4O3S. The number of hydrogen-bond acceptors (Lipinski definition) is 4. The fourth-order valence-corrected chi connectivity index (χ4v) is 5.49. The fourth-order valence-electron chi connectivity index (χ4n) is 5.14. The third-order valence-corrected chi connectivity index (χ3v) is 7.06. The lowest BCUT2D eigenvalue weighted by Gasteiger charge is -2.28. The van der Waals surface area contributed by atoms with Gasteiger partial charge in [-0.15, -0.1) is 0 Å². The first kappa shape index (κ1) is 25.5. The lowest BCUT2D eigenvalue weighted by atomic mass is 9.96. The standard InChI is InChI=1S/C30H30N4O3S/c1-18(2)37-24-14-12-23(13-15-24)34-28(27(32-30(34)38)26-7-5-6-16-31-26)25-17-19(3)33(20(25)4)22-10-8-21(9-11-22)29(35)36/h5-18,27-28H,1-4H3,(H,32,38)(H,35,36)/t27-,28+/m1/s1. The largest absolute Gasteiger partial charge is 0.491 e. The molecule has 1 aliphatic heterocycles. The smallest absolute Gasteiger partial charge is 0.335 e. The SMILES string of the molecule is Cc1cc([C@H]2[C@@H](c3ccccn3)NC(=S)N2c2ccc(OC(C)C)cc2)c(C)n1-c1ccc(C(=O)O)cc1. The summed E-state index contributed by atoms with van der Waals surface area (Å²) in [7, 11) is 0. The molecule has 2 aromatic heterocycles. The highest BCUT2D eigenvalue weighted by Gasteiger charge is 2.42. The third kappa shape index (κ3) is 4.75. The highest BCUT2D eigenvalue weighted by molar-refractivity contribution is 7.80.